The van der Waals surface area contributed by atoms with Crippen LogP contribution in [-0.4, -0.2) is 23.8 Å². The molecule has 1 aromatic rings. The summed E-state index contributed by atoms with van der Waals surface area (Å²) in [6.45, 7) is 5.62. The van der Waals surface area contributed by atoms with Gasteiger partial charge in [-0.15, -0.1) is 0 Å². The number of benzene rings is 1. The minimum absolute atomic E-state index is 0.190. The molecule has 1 aliphatic rings. The molecule has 0 bridgehead atoms. The summed E-state index contributed by atoms with van der Waals surface area (Å²) < 4.78 is 11.2. The number of alkyl carbamates (subject to hydrolysis) is 1. The molecule has 1 aliphatic carbocycles. The summed E-state index contributed by atoms with van der Waals surface area (Å²) >= 11 is 0. The molecule has 0 aliphatic heterocycles. The van der Waals surface area contributed by atoms with Gasteiger partial charge in [-0.1, -0.05) is 18.2 Å². The third-order valence-electron chi connectivity index (χ3n) is 3.44. The number of carbonyl (C=O) groups is 1. The van der Waals surface area contributed by atoms with E-state index in [1.807, 2.05) is 51.1 Å². The highest BCUT2D eigenvalue weighted by atomic mass is 16.6. The maximum absolute atomic E-state index is 11.7. The summed E-state index contributed by atoms with van der Waals surface area (Å²) in [5.74, 6) is 0.918. The van der Waals surface area contributed by atoms with Gasteiger partial charge in [0.1, 0.15) is 11.4 Å². The first-order chi connectivity index (χ1) is 9.92. The Hall–Kier alpha value is -1.71. The molecule has 116 valence electrons. The van der Waals surface area contributed by atoms with E-state index in [2.05, 4.69) is 5.32 Å². The number of ether oxygens (including phenoxy) is 2. The van der Waals surface area contributed by atoms with E-state index in [0.717, 1.165) is 31.4 Å². The van der Waals surface area contributed by atoms with Crippen molar-refractivity contribution in [1.29, 1.82) is 0 Å². The van der Waals surface area contributed by atoms with Gasteiger partial charge in [0.15, 0.2) is 0 Å². The molecular formula is C17H25NO3. The molecule has 0 heterocycles. The third-order valence-corrected chi connectivity index (χ3v) is 3.44. The molecule has 1 aromatic carbocycles. The average molecular weight is 291 g/mol. The lowest BCUT2D eigenvalue weighted by molar-refractivity contribution is 0.0471. The SMILES string of the molecule is CC(C)(C)OC(=O)NC1CCC(Oc2ccccc2)CC1. The highest BCUT2D eigenvalue weighted by Crippen LogP contribution is 2.24. The Kier molecular flexibility index (Phi) is 5.10. The fourth-order valence-corrected chi connectivity index (χ4v) is 2.49. The van der Waals surface area contributed by atoms with Crippen LogP contribution in [0, 0.1) is 0 Å². The van der Waals surface area contributed by atoms with Crippen molar-refractivity contribution >= 4 is 6.09 Å². The number of hydrogen-bond donors (Lipinski definition) is 1. The molecule has 1 saturated carbocycles. The van der Waals surface area contributed by atoms with Crippen LogP contribution in [0.25, 0.3) is 0 Å². The highest BCUT2D eigenvalue weighted by Gasteiger charge is 2.25. The van der Waals surface area contributed by atoms with Crippen molar-refractivity contribution in [2.75, 3.05) is 0 Å². The van der Waals surface area contributed by atoms with Crippen molar-refractivity contribution in [2.45, 2.75) is 64.2 Å². The van der Waals surface area contributed by atoms with Crippen molar-refractivity contribution in [3.63, 3.8) is 0 Å². The zero-order chi connectivity index (χ0) is 15.3. The maximum atomic E-state index is 11.7. The minimum atomic E-state index is -0.447. The van der Waals surface area contributed by atoms with E-state index in [1.54, 1.807) is 0 Å². The molecule has 0 aromatic heterocycles. The zero-order valence-electron chi connectivity index (χ0n) is 13.1. The fraction of sp³-hybridized carbons (Fsp3) is 0.588. The second kappa shape index (κ2) is 6.83. The predicted molar refractivity (Wildman–Crippen MR) is 82.5 cm³/mol. The van der Waals surface area contributed by atoms with Crippen LogP contribution in [0.5, 0.6) is 5.75 Å². The lowest BCUT2D eigenvalue weighted by Crippen LogP contribution is -2.42. The molecule has 0 radical (unpaired) electrons. The molecular weight excluding hydrogens is 266 g/mol. The second-order valence-electron chi connectivity index (χ2n) is 6.55. The van der Waals surface area contributed by atoms with Gasteiger partial charge in [0.05, 0.1) is 6.10 Å². The van der Waals surface area contributed by atoms with Crippen LogP contribution in [0.1, 0.15) is 46.5 Å². The van der Waals surface area contributed by atoms with E-state index in [9.17, 15) is 4.79 Å². The first-order valence-corrected chi connectivity index (χ1v) is 7.63. The van der Waals surface area contributed by atoms with Crippen molar-refractivity contribution < 1.29 is 14.3 Å². The quantitative estimate of drug-likeness (QED) is 0.918. The van der Waals surface area contributed by atoms with E-state index in [0.29, 0.717) is 0 Å². The first-order valence-electron chi connectivity index (χ1n) is 7.63. The van der Waals surface area contributed by atoms with Crippen LogP contribution in [0.3, 0.4) is 0 Å². The first kappa shape index (κ1) is 15.7. The summed E-state index contributed by atoms with van der Waals surface area (Å²) in [6, 6.07) is 10.1. The number of carbonyl (C=O) groups excluding carboxylic acids is 1. The lowest BCUT2D eigenvalue weighted by Gasteiger charge is -2.30. The van der Waals surface area contributed by atoms with Crippen LogP contribution < -0.4 is 10.1 Å². The standard InChI is InChI=1S/C17H25NO3/c1-17(2,3)21-16(19)18-13-9-11-15(12-10-13)20-14-7-5-4-6-8-14/h4-8,13,15H,9-12H2,1-3H3,(H,18,19). The van der Waals surface area contributed by atoms with E-state index >= 15 is 0 Å². The van der Waals surface area contributed by atoms with Gasteiger partial charge in [0.2, 0.25) is 0 Å². The number of amides is 1. The van der Waals surface area contributed by atoms with Gasteiger partial charge in [0.25, 0.3) is 0 Å². The number of hydrogen-bond acceptors (Lipinski definition) is 3. The third kappa shape index (κ3) is 5.66. The van der Waals surface area contributed by atoms with Crippen LogP contribution in [0.15, 0.2) is 30.3 Å². The van der Waals surface area contributed by atoms with Crippen LogP contribution in [-0.2, 0) is 4.74 Å². The monoisotopic (exact) mass is 291 g/mol. The second-order valence-corrected chi connectivity index (χ2v) is 6.55. The van der Waals surface area contributed by atoms with Crippen molar-refractivity contribution in [1.82, 2.24) is 5.32 Å². The van der Waals surface area contributed by atoms with E-state index in [4.69, 9.17) is 9.47 Å². The molecule has 0 atom stereocenters. The van der Waals surface area contributed by atoms with E-state index in [1.165, 1.54) is 0 Å². The number of rotatable bonds is 3. The van der Waals surface area contributed by atoms with Crippen molar-refractivity contribution in [3.8, 4) is 5.75 Å². The topological polar surface area (TPSA) is 47.6 Å². The van der Waals surface area contributed by atoms with Crippen LogP contribution in [0.4, 0.5) is 4.79 Å². The summed E-state index contributed by atoms with van der Waals surface area (Å²) in [6.07, 6.45) is 3.68. The largest absolute Gasteiger partial charge is 0.490 e. The minimum Gasteiger partial charge on any atom is -0.490 e. The van der Waals surface area contributed by atoms with Crippen LogP contribution >= 0.6 is 0 Å². The molecule has 1 N–H and O–H groups in total. The van der Waals surface area contributed by atoms with Gasteiger partial charge in [-0.05, 0) is 58.6 Å². The predicted octanol–water partition coefficient (Wildman–Crippen LogP) is 3.90. The van der Waals surface area contributed by atoms with Gasteiger partial charge < -0.3 is 14.8 Å². The van der Waals surface area contributed by atoms with Gasteiger partial charge in [-0.3, -0.25) is 0 Å². The van der Waals surface area contributed by atoms with E-state index < -0.39 is 5.60 Å². The summed E-state index contributed by atoms with van der Waals surface area (Å²) in [5, 5.41) is 2.94. The van der Waals surface area contributed by atoms with E-state index in [-0.39, 0.29) is 18.2 Å². The zero-order valence-corrected chi connectivity index (χ0v) is 13.1. The normalized spacial score (nSPS) is 22.4. The van der Waals surface area contributed by atoms with Crippen molar-refractivity contribution in [3.05, 3.63) is 30.3 Å². The number of nitrogens with one attached hydrogen (secondary N) is 1. The Morgan fingerprint density at radius 3 is 2.29 bits per heavy atom. The molecule has 0 saturated heterocycles. The molecule has 0 unspecified atom stereocenters. The molecule has 4 heteroatoms. The molecule has 0 spiro atoms. The lowest BCUT2D eigenvalue weighted by atomic mass is 9.93. The Bertz CT molecular complexity index is 445. The summed E-state index contributed by atoms with van der Waals surface area (Å²) in [5.41, 5.74) is -0.447. The molecule has 2 rings (SSSR count). The Labute approximate surface area is 126 Å². The molecule has 1 amide bonds. The Balaban J connectivity index is 1.72. The van der Waals surface area contributed by atoms with Gasteiger partial charge in [-0.2, -0.15) is 0 Å². The number of para-hydroxylation sites is 1. The van der Waals surface area contributed by atoms with Gasteiger partial charge in [0, 0.05) is 6.04 Å². The maximum Gasteiger partial charge on any atom is 0.407 e. The highest BCUT2D eigenvalue weighted by molar-refractivity contribution is 5.68. The Morgan fingerprint density at radius 2 is 1.71 bits per heavy atom. The molecule has 1 fully saturated rings. The smallest absolute Gasteiger partial charge is 0.407 e. The van der Waals surface area contributed by atoms with Gasteiger partial charge in [-0.25, -0.2) is 4.79 Å². The molecule has 21 heavy (non-hydrogen) atoms. The van der Waals surface area contributed by atoms with Crippen molar-refractivity contribution in [2.24, 2.45) is 0 Å². The summed E-state index contributed by atoms with van der Waals surface area (Å²) in [7, 11) is 0. The average Bonchev–Trinajstić information content (AvgIpc) is 2.40. The fourth-order valence-electron chi connectivity index (χ4n) is 2.49. The Morgan fingerprint density at radius 1 is 1.10 bits per heavy atom. The van der Waals surface area contributed by atoms with Gasteiger partial charge >= 0.3 is 6.09 Å². The summed E-state index contributed by atoms with van der Waals surface area (Å²) in [4.78, 5) is 11.7. The van der Waals surface area contributed by atoms with Crippen LogP contribution in [0.2, 0.25) is 0 Å². The molecule has 4 nitrogen and oxygen atoms in total.